The van der Waals surface area contributed by atoms with E-state index in [0.717, 1.165) is 22.6 Å². The minimum absolute atomic E-state index is 0.129. The van der Waals surface area contributed by atoms with Crippen LogP contribution in [0.3, 0.4) is 0 Å². The van der Waals surface area contributed by atoms with E-state index in [9.17, 15) is 4.79 Å². The van der Waals surface area contributed by atoms with E-state index in [1.165, 1.54) is 22.9 Å². The van der Waals surface area contributed by atoms with Crippen molar-refractivity contribution in [1.82, 2.24) is 14.8 Å². The third-order valence-electron chi connectivity index (χ3n) is 5.11. The van der Waals surface area contributed by atoms with E-state index in [1.54, 1.807) is 6.07 Å². The van der Waals surface area contributed by atoms with Gasteiger partial charge >= 0.3 is 0 Å². The summed E-state index contributed by atoms with van der Waals surface area (Å²) in [6.07, 6.45) is 0. The lowest BCUT2D eigenvalue weighted by Crippen LogP contribution is -2.15. The van der Waals surface area contributed by atoms with Gasteiger partial charge in [0.2, 0.25) is 5.91 Å². The largest absolute Gasteiger partial charge is 0.325 e. The van der Waals surface area contributed by atoms with Gasteiger partial charge in [-0.05, 0) is 50.6 Å². The number of thioether (sulfide) groups is 1. The summed E-state index contributed by atoms with van der Waals surface area (Å²) in [4.78, 5) is 12.6. The molecule has 3 aromatic carbocycles. The second kappa shape index (κ2) is 9.59. The maximum atomic E-state index is 12.6. The van der Waals surface area contributed by atoms with Crippen molar-refractivity contribution in [2.75, 3.05) is 11.1 Å². The molecule has 0 atom stereocenters. The van der Waals surface area contributed by atoms with E-state index in [2.05, 4.69) is 53.6 Å². The summed E-state index contributed by atoms with van der Waals surface area (Å²) >= 11 is 7.51. The van der Waals surface area contributed by atoms with Crippen molar-refractivity contribution in [3.63, 3.8) is 0 Å². The van der Waals surface area contributed by atoms with Gasteiger partial charge in [0.15, 0.2) is 11.0 Å². The van der Waals surface area contributed by atoms with Crippen molar-refractivity contribution >= 4 is 35.0 Å². The molecule has 7 heteroatoms. The number of carbonyl (C=O) groups is 1. The Kier molecular flexibility index (Phi) is 6.63. The molecule has 1 aromatic heterocycles. The highest BCUT2D eigenvalue weighted by atomic mass is 35.5. The third-order valence-corrected chi connectivity index (χ3v) is 6.45. The molecule has 4 aromatic rings. The molecule has 0 aliphatic carbocycles. The fourth-order valence-corrected chi connectivity index (χ4v) is 4.17. The highest BCUT2D eigenvalue weighted by Crippen LogP contribution is 2.29. The Hall–Kier alpha value is -3.09. The number of benzene rings is 3. The van der Waals surface area contributed by atoms with Crippen molar-refractivity contribution in [1.29, 1.82) is 0 Å². The van der Waals surface area contributed by atoms with Crippen LogP contribution in [0.25, 0.3) is 17.1 Å². The number of carbonyl (C=O) groups excluding carboxylic acids is 1. The number of amides is 1. The van der Waals surface area contributed by atoms with E-state index in [0.29, 0.717) is 15.9 Å². The third kappa shape index (κ3) is 4.87. The second-order valence-corrected chi connectivity index (χ2v) is 8.94. The number of aryl methyl sites for hydroxylation is 2. The average Bonchev–Trinajstić information content (AvgIpc) is 3.20. The number of nitrogens with one attached hydrogen (secondary N) is 1. The maximum Gasteiger partial charge on any atom is 0.234 e. The van der Waals surface area contributed by atoms with E-state index >= 15 is 0 Å². The SMILES string of the molecule is Cc1ccc(-c2nnc(SCC(=O)Nc3cccc(Cl)c3C)n2-c2ccc(C)cc2)cc1. The van der Waals surface area contributed by atoms with Gasteiger partial charge in [0.25, 0.3) is 0 Å². The number of hydrogen-bond acceptors (Lipinski definition) is 4. The molecule has 0 saturated carbocycles. The Balaban J connectivity index is 1.60. The van der Waals surface area contributed by atoms with Crippen LogP contribution >= 0.6 is 23.4 Å². The molecule has 0 aliphatic rings. The van der Waals surface area contributed by atoms with Crippen LogP contribution in [0.15, 0.2) is 71.9 Å². The molecule has 5 nitrogen and oxygen atoms in total. The number of aromatic nitrogens is 3. The van der Waals surface area contributed by atoms with Crippen LogP contribution in [0.1, 0.15) is 16.7 Å². The van der Waals surface area contributed by atoms with E-state index in [4.69, 9.17) is 11.6 Å². The van der Waals surface area contributed by atoms with Crippen LogP contribution in [-0.4, -0.2) is 26.4 Å². The molecular formula is C25H23ClN4OS. The number of halogens is 1. The molecule has 1 N–H and O–H groups in total. The van der Waals surface area contributed by atoms with Crippen molar-refractivity contribution in [3.05, 3.63) is 88.4 Å². The lowest BCUT2D eigenvalue weighted by Gasteiger charge is -2.12. The molecule has 0 unspecified atom stereocenters. The number of anilines is 1. The number of nitrogens with zero attached hydrogens (tertiary/aromatic N) is 3. The molecule has 4 rings (SSSR count). The lowest BCUT2D eigenvalue weighted by atomic mass is 10.1. The monoisotopic (exact) mass is 462 g/mol. The van der Waals surface area contributed by atoms with Gasteiger partial charge in [0.1, 0.15) is 0 Å². The first-order valence-corrected chi connectivity index (χ1v) is 11.6. The van der Waals surface area contributed by atoms with Gasteiger partial charge in [-0.2, -0.15) is 0 Å². The highest BCUT2D eigenvalue weighted by Gasteiger charge is 2.17. The summed E-state index contributed by atoms with van der Waals surface area (Å²) in [6, 6.07) is 21.8. The molecular weight excluding hydrogens is 440 g/mol. The smallest absolute Gasteiger partial charge is 0.234 e. The van der Waals surface area contributed by atoms with Gasteiger partial charge < -0.3 is 5.32 Å². The highest BCUT2D eigenvalue weighted by molar-refractivity contribution is 7.99. The normalized spacial score (nSPS) is 10.9. The Labute approximate surface area is 196 Å². The van der Waals surface area contributed by atoms with Gasteiger partial charge in [0, 0.05) is 22.0 Å². The summed E-state index contributed by atoms with van der Waals surface area (Å²) < 4.78 is 1.99. The zero-order valence-electron chi connectivity index (χ0n) is 18.1. The van der Waals surface area contributed by atoms with E-state index < -0.39 is 0 Å². The van der Waals surface area contributed by atoms with Gasteiger partial charge in [-0.3, -0.25) is 9.36 Å². The first kappa shape index (κ1) is 22.1. The predicted molar refractivity (Wildman–Crippen MR) is 132 cm³/mol. The lowest BCUT2D eigenvalue weighted by molar-refractivity contribution is -0.113. The van der Waals surface area contributed by atoms with Crippen LogP contribution in [0.5, 0.6) is 0 Å². The van der Waals surface area contributed by atoms with Crippen molar-refractivity contribution in [2.24, 2.45) is 0 Å². The molecule has 162 valence electrons. The minimum Gasteiger partial charge on any atom is -0.325 e. The first-order valence-electron chi connectivity index (χ1n) is 10.2. The number of hydrogen-bond donors (Lipinski definition) is 1. The van der Waals surface area contributed by atoms with Crippen LogP contribution in [0, 0.1) is 20.8 Å². The topological polar surface area (TPSA) is 59.8 Å². The second-order valence-electron chi connectivity index (χ2n) is 7.59. The zero-order valence-corrected chi connectivity index (χ0v) is 19.7. The predicted octanol–water partition coefficient (Wildman–Crippen LogP) is 6.24. The molecule has 1 heterocycles. The fourth-order valence-electron chi connectivity index (χ4n) is 3.24. The summed E-state index contributed by atoms with van der Waals surface area (Å²) in [5, 5.41) is 13.1. The van der Waals surface area contributed by atoms with Gasteiger partial charge in [-0.25, -0.2) is 0 Å². The van der Waals surface area contributed by atoms with E-state index in [1.807, 2.05) is 47.9 Å². The Bertz CT molecular complexity index is 1250. The molecule has 0 fully saturated rings. The van der Waals surface area contributed by atoms with Gasteiger partial charge in [-0.1, -0.05) is 77.0 Å². The minimum atomic E-state index is -0.129. The quantitative estimate of drug-likeness (QED) is 0.344. The maximum absolute atomic E-state index is 12.6. The van der Waals surface area contributed by atoms with Gasteiger partial charge in [0.05, 0.1) is 5.75 Å². The summed E-state index contributed by atoms with van der Waals surface area (Å²) in [7, 11) is 0. The first-order chi connectivity index (χ1) is 15.4. The zero-order chi connectivity index (χ0) is 22.7. The van der Waals surface area contributed by atoms with Crippen LogP contribution in [-0.2, 0) is 4.79 Å². The Morgan fingerprint density at radius 1 is 0.938 bits per heavy atom. The van der Waals surface area contributed by atoms with Crippen LogP contribution in [0.2, 0.25) is 5.02 Å². The molecule has 0 bridgehead atoms. The molecule has 0 radical (unpaired) electrons. The van der Waals surface area contributed by atoms with Crippen LogP contribution < -0.4 is 5.32 Å². The molecule has 32 heavy (non-hydrogen) atoms. The average molecular weight is 463 g/mol. The summed E-state index contributed by atoms with van der Waals surface area (Å²) in [5.74, 6) is 0.808. The van der Waals surface area contributed by atoms with Crippen LogP contribution in [0.4, 0.5) is 5.69 Å². The van der Waals surface area contributed by atoms with Gasteiger partial charge in [-0.15, -0.1) is 10.2 Å². The van der Waals surface area contributed by atoms with E-state index in [-0.39, 0.29) is 11.7 Å². The Morgan fingerprint density at radius 2 is 1.59 bits per heavy atom. The fraction of sp³-hybridized carbons (Fsp3) is 0.160. The molecule has 1 amide bonds. The Morgan fingerprint density at radius 3 is 2.28 bits per heavy atom. The summed E-state index contributed by atoms with van der Waals surface area (Å²) in [5.41, 5.74) is 5.82. The molecule has 0 aliphatic heterocycles. The molecule has 0 spiro atoms. The van der Waals surface area contributed by atoms with Crippen molar-refractivity contribution < 1.29 is 4.79 Å². The molecule has 0 saturated heterocycles. The number of rotatable bonds is 6. The van der Waals surface area contributed by atoms with Crippen molar-refractivity contribution in [3.8, 4) is 17.1 Å². The summed E-state index contributed by atoms with van der Waals surface area (Å²) in [6.45, 7) is 5.98. The van der Waals surface area contributed by atoms with Crippen molar-refractivity contribution in [2.45, 2.75) is 25.9 Å². The standard InChI is InChI=1S/C25H23ClN4OS/c1-16-7-11-19(12-8-16)24-28-29-25(30(24)20-13-9-17(2)10-14-20)32-15-23(31)27-22-6-4-5-21(26)18(22)3/h4-14H,15H2,1-3H3,(H,27,31).